The second-order valence-corrected chi connectivity index (χ2v) is 9.65. The largest absolute Gasteiger partial charge is 0.345 e. The van der Waals surface area contributed by atoms with Crippen LogP contribution in [0.4, 0.5) is 40.0 Å². The zero-order valence-corrected chi connectivity index (χ0v) is 21.0. The summed E-state index contributed by atoms with van der Waals surface area (Å²) in [5, 5.41) is 18.5. The van der Waals surface area contributed by atoms with E-state index in [2.05, 4.69) is 25.4 Å². The van der Waals surface area contributed by atoms with Gasteiger partial charge in [0.1, 0.15) is 0 Å². The van der Waals surface area contributed by atoms with E-state index >= 15 is 0 Å². The molecule has 1 fully saturated rings. The number of aromatic nitrogens is 4. The molecule has 0 radical (unpaired) electrons. The molecule has 0 unspecified atom stereocenters. The van der Waals surface area contributed by atoms with Gasteiger partial charge in [0.2, 0.25) is 17.8 Å². The van der Waals surface area contributed by atoms with Crippen molar-refractivity contribution in [2.75, 3.05) is 46.6 Å². The Labute approximate surface area is 222 Å². The Morgan fingerprint density at radius 1 is 0.737 bits per heavy atom. The predicted molar refractivity (Wildman–Crippen MR) is 150 cm³/mol. The van der Waals surface area contributed by atoms with E-state index in [4.69, 9.17) is 15.0 Å². The molecule has 0 saturated carbocycles. The number of benzene rings is 3. The van der Waals surface area contributed by atoms with Gasteiger partial charge in [-0.05, 0) is 30.3 Å². The first-order valence-electron chi connectivity index (χ1n) is 12.1. The normalized spacial score (nSPS) is 13.5. The Morgan fingerprint density at radius 2 is 1.32 bits per heavy atom. The van der Waals surface area contributed by atoms with Crippen LogP contribution in [0.5, 0.6) is 0 Å². The van der Waals surface area contributed by atoms with Crippen LogP contribution < -0.4 is 20.4 Å². The SMILES string of the molecule is O=[N+]([O-])c1ccc2nc(N3CCN(c4nc(Nc5ccccc5)nc(Nc5ccccc5)n4)CC3)sc2c1. The van der Waals surface area contributed by atoms with E-state index in [1.54, 1.807) is 12.1 Å². The molecular formula is C26H23N9O2S. The maximum Gasteiger partial charge on any atom is 0.270 e. The third-order valence-corrected chi connectivity index (χ3v) is 7.17. The van der Waals surface area contributed by atoms with Gasteiger partial charge in [0.05, 0.1) is 15.1 Å². The van der Waals surface area contributed by atoms with Crippen molar-refractivity contribution in [3.8, 4) is 0 Å². The lowest BCUT2D eigenvalue weighted by Gasteiger charge is -2.34. The molecule has 6 rings (SSSR count). The van der Waals surface area contributed by atoms with Crippen LogP contribution in [-0.2, 0) is 0 Å². The number of rotatable bonds is 7. The number of piperazine rings is 1. The van der Waals surface area contributed by atoms with Crippen molar-refractivity contribution in [1.29, 1.82) is 0 Å². The van der Waals surface area contributed by atoms with Gasteiger partial charge in [0, 0.05) is 49.7 Å². The van der Waals surface area contributed by atoms with Crippen molar-refractivity contribution >= 4 is 61.6 Å². The first-order chi connectivity index (χ1) is 18.6. The Bertz CT molecular complexity index is 1510. The smallest absolute Gasteiger partial charge is 0.270 e. The molecule has 190 valence electrons. The van der Waals surface area contributed by atoms with E-state index in [9.17, 15) is 10.1 Å². The Kier molecular flexibility index (Phi) is 6.36. The number of nitrogens with zero attached hydrogens (tertiary/aromatic N) is 7. The van der Waals surface area contributed by atoms with Crippen LogP contribution in [0.1, 0.15) is 0 Å². The van der Waals surface area contributed by atoms with Crippen LogP contribution in [0.2, 0.25) is 0 Å². The molecule has 1 aliphatic heterocycles. The number of nitro benzene ring substituents is 1. The molecule has 0 atom stereocenters. The third-order valence-electron chi connectivity index (χ3n) is 6.09. The summed E-state index contributed by atoms with van der Waals surface area (Å²) < 4.78 is 0.808. The number of hydrogen-bond acceptors (Lipinski definition) is 11. The lowest BCUT2D eigenvalue weighted by Crippen LogP contribution is -2.47. The quantitative estimate of drug-likeness (QED) is 0.216. The first kappa shape index (κ1) is 23.6. The maximum absolute atomic E-state index is 11.1. The van der Waals surface area contributed by atoms with Crippen LogP contribution in [0, 0.1) is 10.1 Å². The standard InChI is InChI=1S/C26H23N9O2S/c36-35(37)20-11-12-21-22(17-20)38-26(29-21)34-15-13-33(14-16-34)25-31-23(27-18-7-3-1-4-8-18)30-24(32-25)28-19-9-5-2-6-10-19/h1-12,17H,13-16H2,(H2,27,28,30,31,32). The predicted octanol–water partition coefficient (Wildman–Crippen LogP) is 5.20. The fraction of sp³-hybridized carbons (Fsp3) is 0.154. The number of non-ortho nitro benzene ring substituents is 1. The number of nitro groups is 1. The van der Waals surface area contributed by atoms with E-state index in [0.29, 0.717) is 30.9 Å². The Balaban J connectivity index is 1.22. The van der Waals surface area contributed by atoms with Crippen LogP contribution in [0.25, 0.3) is 10.2 Å². The van der Waals surface area contributed by atoms with Gasteiger partial charge in [-0.15, -0.1) is 0 Å². The highest BCUT2D eigenvalue weighted by molar-refractivity contribution is 7.22. The molecule has 0 aliphatic carbocycles. The van der Waals surface area contributed by atoms with Gasteiger partial charge in [0.15, 0.2) is 5.13 Å². The molecule has 12 heteroatoms. The molecule has 38 heavy (non-hydrogen) atoms. The fourth-order valence-electron chi connectivity index (χ4n) is 4.17. The topological polar surface area (TPSA) is 125 Å². The summed E-state index contributed by atoms with van der Waals surface area (Å²) in [5.74, 6) is 1.49. The molecule has 2 N–H and O–H groups in total. The average Bonchev–Trinajstić information content (AvgIpc) is 3.38. The second kappa shape index (κ2) is 10.3. The molecule has 3 aromatic carbocycles. The zero-order valence-electron chi connectivity index (χ0n) is 20.2. The first-order valence-corrected chi connectivity index (χ1v) is 12.9. The molecule has 0 spiro atoms. The van der Waals surface area contributed by atoms with Crippen LogP contribution in [0.15, 0.2) is 78.9 Å². The number of hydrogen-bond donors (Lipinski definition) is 2. The van der Waals surface area contributed by atoms with Crippen LogP contribution >= 0.6 is 11.3 Å². The maximum atomic E-state index is 11.1. The van der Waals surface area contributed by atoms with Crippen molar-refractivity contribution in [3.05, 3.63) is 89.0 Å². The van der Waals surface area contributed by atoms with Crippen molar-refractivity contribution in [2.45, 2.75) is 0 Å². The van der Waals surface area contributed by atoms with Crippen LogP contribution in [-0.4, -0.2) is 51.0 Å². The third kappa shape index (κ3) is 5.15. The van der Waals surface area contributed by atoms with Gasteiger partial charge in [0.25, 0.3) is 5.69 Å². The molecular weight excluding hydrogens is 502 g/mol. The number of nitrogens with one attached hydrogen (secondary N) is 2. The molecule has 0 amide bonds. The van der Waals surface area contributed by atoms with Gasteiger partial charge >= 0.3 is 0 Å². The van der Waals surface area contributed by atoms with E-state index in [0.717, 1.165) is 39.8 Å². The van der Waals surface area contributed by atoms with Gasteiger partial charge in [-0.1, -0.05) is 47.7 Å². The van der Waals surface area contributed by atoms with E-state index in [1.807, 2.05) is 60.7 Å². The van der Waals surface area contributed by atoms with E-state index in [-0.39, 0.29) is 10.6 Å². The summed E-state index contributed by atoms with van der Waals surface area (Å²) in [7, 11) is 0. The van der Waals surface area contributed by atoms with Crippen molar-refractivity contribution in [1.82, 2.24) is 19.9 Å². The highest BCUT2D eigenvalue weighted by Crippen LogP contribution is 2.32. The van der Waals surface area contributed by atoms with Gasteiger partial charge in [-0.25, -0.2) is 4.98 Å². The fourth-order valence-corrected chi connectivity index (χ4v) is 5.22. The van der Waals surface area contributed by atoms with Crippen molar-refractivity contribution in [3.63, 3.8) is 0 Å². The average molecular weight is 526 g/mol. The minimum atomic E-state index is -0.381. The Hall–Kier alpha value is -4.84. The van der Waals surface area contributed by atoms with Gasteiger partial charge in [-0.2, -0.15) is 15.0 Å². The summed E-state index contributed by atoms with van der Waals surface area (Å²) in [5.41, 5.74) is 2.61. The molecule has 2 aromatic heterocycles. The minimum Gasteiger partial charge on any atom is -0.345 e. The van der Waals surface area contributed by atoms with Gasteiger partial charge < -0.3 is 20.4 Å². The lowest BCUT2D eigenvalue weighted by molar-refractivity contribution is -0.384. The molecule has 3 heterocycles. The van der Waals surface area contributed by atoms with Crippen LogP contribution in [0.3, 0.4) is 0 Å². The minimum absolute atomic E-state index is 0.0761. The summed E-state index contributed by atoms with van der Waals surface area (Å²) in [4.78, 5) is 33.8. The monoisotopic (exact) mass is 525 g/mol. The zero-order chi connectivity index (χ0) is 25.9. The van der Waals surface area contributed by atoms with Crippen molar-refractivity contribution in [2.24, 2.45) is 0 Å². The Morgan fingerprint density at radius 3 is 1.89 bits per heavy atom. The van der Waals surface area contributed by atoms with E-state index in [1.165, 1.54) is 17.4 Å². The summed E-state index contributed by atoms with van der Waals surface area (Å²) in [6.45, 7) is 2.82. The van der Waals surface area contributed by atoms with E-state index < -0.39 is 0 Å². The summed E-state index contributed by atoms with van der Waals surface area (Å²) in [6.07, 6.45) is 0. The molecule has 1 aliphatic rings. The number of para-hydroxylation sites is 2. The van der Waals surface area contributed by atoms with Gasteiger partial charge in [-0.3, -0.25) is 10.1 Å². The molecule has 5 aromatic rings. The van der Waals surface area contributed by atoms with Crippen molar-refractivity contribution < 1.29 is 4.92 Å². The number of anilines is 6. The highest BCUT2D eigenvalue weighted by Gasteiger charge is 2.23. The number of thiazole rings is 1. The second-order valence-electron chi connectivity index (χ2n) is 8.64. The molecule has 11 nitrogen and oxygen atoms in total. The lowest BCUT2D eigenvalue weighted by atomic mass is 10.3. The molecule has 0 bridgehead atoms. The number of fused-ring (bicyclic) bond motifs is 1. The molecule has 1 saturated heterocycles. The summed E-state index contributed by atoms with van der Waals surface area (Å²) in [6, 6.07) is 24.3. The summed E-state index contributed by atoms with van der Waals surface area (Å²) >= 11 is 1.47. The highest BCUT2D eigenvalue weighted by atomic mass is 32.1.